The van der Waals surface area contributed by atoms with Crippen molar-refractivity contribution < 1.29 is 4.79 Å². The van der Waals surface area contributed by atoms with Crippen molar-refractivity contribution in [3.05, 3.63) is 30.1 Å². The molecule has 1 aromatic heterocycles. The van der Waals surface area contributed by atoms with Gasteiger partial charge in [0.1, 0.15) is 5.69 Å². The molecule has 2 aliphatic heterocycles. The van der Waals surface area contributed by atoms with Crippen LogP contribution in [0.4, 0.5) is 0 Å². The Morgan fingerprint density at radius 1 is 1.29 bits per heavy atom. The molecule has 0 radical (unpaired) electrons. The van der Waals surface area contributed by atoms with Gasteiger partial charge in [0, 0.05) is 24.3 Å². The van der Waals surface area contributed by atoms with E-state index in [0.717, 1.165) is 25.7 Å². The minimum absolute atomic E-state index is 0.0741. The summed E-state index contributed by atoms with van der Waals surface area (Å²) in [7, 11) is 0. The van der Waals surface area contributed by atoms with Crippen LogP contribution in [0.3, 0.4) is 0 Å². The second-order valence-corrected chi connectivity index (χ2v) is 5.04. The summed E-state index contributed by atoms with van der Waals surface area (Å²) in [4.78, 5) is 18.6. The highest BCUT2D eigenvalue weighted by Crippen LogP contribution is 2.35. The van der Waals surface area contributed by atoms with Crippen molar-refractivity contribution in [2.45, 2.75) is 43.8 Å². The van der Waals surface area contributed by atoms with Crippen LogP contribution in [0.25, 0.3) is 0 Å². The van der Waals surface area contributed by atoms with E-state index < -0.39 is 0 Å². The van der Waals surface area contributed by atoms with Gasteiger partial charge in [-0.1, -0.05) is 6.07 Å². The number of nitrogens with zero attached hydrogens (tertiary/aromatic N) is 2. The van der Waals surface area contributed by atoms with Crippen molar-refractivity contribution in [1.29, 1.82) is 0 Å². The molecule has 17 heavy (non-hydrogen) atoms. The fourth-order valence-electron chi connectivity index (χ4n) is 3.17. The second-order valence-electron chi connectivity index (χ2n) is 5.04. The maximum absolute atomic E-state index is 12.4. The van der Waals surface area contributed by atoms with Crippen LogP contribution in [0.1, 0.15) is 36.2 Å². The van der Waals surface area contributed by atoms with E-state index in [1.54, 1.807) is 12.3 Å². The van der Waals surface area contributed by atoms with Gasteiger partial charge in [-0.3, -0.25) is 9.78 Å². The molecule has 2 atom stereocenters. The fraction of sp³-hybridized carbons (Fsp3) is 0.538. The predicted molar refractivity (Wildman–Crippen MR) is 64.4 cm³/mol. The van der Waals surface area contributed by atoms with E-state index >= 15 is 0 Å². The maximum atomic E-state index is 12.4. The van der Waals surface area contributed by atoms with Crippen molar-refractivity contribution in [3.8, 4) is 0 Å². The van der Waals surface area contributed by atoms with E-state index in [1.165, 1.54) is 0 Å². The number of amides is 1. The summed E-state index contributed by atoms with van der Waals surface area (Å²) in [5.41, 5.74) is 6.56. The Kier molecular flexibility index (Phi) is 2.59. The monoisotopic (exact) mass is 231 g/mol. The molecular weight excluding hydrogens is 214 g/mol. The molecule has 0 aromatic carbocycles. The summed E-state index contributed by atoms with van der Waals surface area (Å²) in [5, 5.41) is 0. The highest BCUT2D eigenvalue weighted by atomic mass is 16.2. The summed E-state index contributed by atoms with van der Waals surface area (Å²) in [6.07, 6.45) is 5.74. The van der Waals surface area contributed by atoms with E-state index in [4.69, 9.17) is 5.73 Å². The zero-order chi connectivity index (χ0) is 11.8. The van der Waals surface area contributed by atoms with Gasteiger partial charge < -0.3 is 10.6 Å². The maximum Gasteiger partial charge on any atom is 0.272 e. The molecular formula is C13H17N3O. The highest BCUT2D eigenvalue weighted by Gasteiger charge is 2.42. The molecule has 0 saturated carbocycles. The van der Waals surface area contributed by atoms with Crippen molar-refractivity contribution in [2.75, 3.05) is 0 Å². The summed E-state index contributed by atoms with van der Waals surface area (Å²) < 4.78 is 0. The molecule has 2 aliphatic rings. The molecule has 2 saturated heterocycles. The standard InChI is InChI=1S/C13H17N3O/c14-9-7-10-4-5-11(8-9)16(10)13(17)12-3-1-2-6-15-12/h1-3,6,9-11H,4-5,7-8,14H2. The number of pyridine rings is 1. The number of hydrogen-bond donors (Lipinski definition) is 1. The highest BCUT2D eigenvalue weighted by molar-refractivity contribution is 5.93. The number of aromatic nitrogens is 1. The van der Waals surface area contributed by atoms with Gasteiger partial charge in [-0.2, -0.15) is 0 Å². The molecule has 3 heterocycles. The minimum Gasteiger partial charge on any atom is -0.331 e. The van der Waals surface area contributed by atoms with Crippen LogP contribution in [0.15, 0.2) is 24.4 Å². The van der Waals surface area contributed by atoms with Gasteiger partial charge >= 0.3 is 0 Å². The largest absolute Gasteiger partial charge is 0.331 e. The van der Waals surface area contributed by atoms with Gasteiger partial charge in [-0.25, -0.2) is 0 Å². The third-order valence-corrected chi connectivity index (χ3v) is 3.89. The van der Waals surface area contributed by atoms with Gasteiger partial charge in [-0.05, 0) is 37.8 Å². The Morgan fingerprint density at radius 2 is 2.00 bits per heavy atom. The number of piperidine rings is 1. The first-order valence-electron chi connectivity index (χ1n) is 6.25. The van der Waals surface area contributed by atoms with Gasteiger partial charge in [-0.15, -0.1) is 0 Å². The Hall–Kier alpha value is -1.42. The van der Waals surface area contributed by atoms with Crippen molar-refractivity contribution in [1.82, 2.24) is 9.88 Å². The minimum atomic E-state index is 0.0741. The summed E-state index contributed by atoms with van der Waals surface area (Å²) in [6.45, 7) is 0. The third-order valence-electron chi connectivity index (χ3n) is 3.89. The lowest BCUT2D eigenvalue weighted by Crippen LogP contribution is -2.50. The second kappa shape index (κ2) is 4.11. The Morgan fingerprint density at radius 3 is 2.59 bits per heavy atom. The lowest BCUT2D eigenvalue weighted by atomic mass is 9.98. The summed E-state index contributed by atoms with van der Waals surface area (Å²) in [6, 6.07) is 6.41. The number of fused-ring (bicyclic) bond motifs is 2. The predicted octanol–water partition coefficient (Wildman–Crippen LogP) is 1.18. The van der Waals surface area contributed by atoms with Crippen molar-refractivity contribution in [2.24, 2.45) is 5.73 Å². The zero-order valence-electron chi connectivity index (χ0n) is 9.75. The van der Waals surface area contributed by atoms with Gasteiger partial charge in [0.2, 0.25) is 0 Å². The quantitative estimate of drug-likeness (QED) is 0.789. The average molecular weight is 231 g/mol. The molecule has 90 valence electrons. The molecule has 0 aliphatic carbocycles. The number of nitrogens with two attached hydrogens (primary N) is 1. The lowest BCUT2D eigenvalue weighted by molar-refractivity contribution is 0.0569. The van der Waals surface area contributed by atoms with E-state index in [9.17, 15) is 4.79 Å². The molecule has 3 rings (SSSR count). The number of hydrogen-bond acceptors (Lipinski definition) is 3. The number of carbonyl (C=O) groups excluding carboxylic acids is 1. The fourth-order valence-corrected chi connectivity index (χ4v) is 3.17. The Bertz CT molecular complexity index is 406. The zero-order valence-corrected chi connectivity index (χ0v) is 9.75. The average Bonchev–Trinajstić information content (AvgIpc) is 2.62. The van der Waals surface area contributed by atoms with Gasteiger partial charge in [0.15, 0.2) is 0 Å². The van der Waals surface area contributed by atoms with Crippen molar-refractivity contribution >= 4 is 5.91 Å². The van der Waals surface area contributed by atoms with Gasteiger partial charge in [0.05, 0.1) is 0 Å². The first-order valence-corrected chi connectivity index (χ1v) is 6.25. The molecule has 4 heteroatoms. The SMILES string of the molecule is NC1CC2CCC(C1)N2C(=O)c1ccccn1. The van der Waals surface area contributed by atoms with Crippen LogP contribution < -0.4 is 5.73 Å². The van der Waals surface area contributed by atoms with Crippen LogP contribution in [0, 0.1) is 0 Å². The molecule has 1 amide bonds. The number of rotatable bonds is 1. The Labute approximate surface area is 101 Å². The van der Waals surface area contributed by atoms with E-state index in [0.29, 0.717) is 17.8 Å². The normalized spacial score (nSPS) is 31.6. The van der Waals surface area contributed by atoms with Crippen molar-refractivity contribution in [3.63, 3.8) is 0 Å². The summed E-state index contributed by atoms with van der Waals surface area (Å²) in [5.74, 6) is 0.0741. The Balaban J connectivity index is 1.84. The third kappa shape index (κ3) is 1.82. The molecule has 1 aromatic rings. The van der Waals surface area contributed by atoms with Gasteiger partial charge in [0.25, 0.3) is 5.91 Å². The van der Waals surface area contributed by atoms with Crippen LogP contribution in [0.5, 0.6) is 0 Å². The van der Waals surface area contributed by atoms with Crippen LogP contribution in [-0.4, -0.2) is 33.9 Å². The smallest absolute Gasteiger partial charge is 0.272 e. The van der Waals surface area contributed by atoms with Crippen LogP contribution >= 0.6 is 0 Å². The topological polar surface area (TPSA) is 59.2 Å². The van der Waals surface area contributed by atoms with Crippen LogP contribution in [0.2, 0.25) is 0 Å². The molecule has 2 bridgehead atoms. The van der Waals surface area contributed by atoms with E-state index in [1.807, 2.05) is 17.0 Å². The first kappa shape index (κ1) is 10.7. The summed E-state index contributed by atoms with van der Waals surface area (Å²) >= 11 is 0. The van der Waals surface area contributed by atoms with Crippen LogP contribution in [-0.2, 0) is 0 Å². The molecule has 2 unspecified atom stereocenters. The molecule has 2 N–H and O–H groups in total. The van der Waals surface area contributed by atoms with E-state index in [-0.39, 0.29) is 11.9 Å². The lowest BCUT2D eigenvalue weighted by Gasteiger charge is -2.37. The molecule has 4 nitrogen and oxygen atoms in total. The first-order chi connectivity index (χ1) is 8.25. The molecule has 0 spiro atoms. The number of carbonyl (C=O) groups is 1. The van der Waals surface area contributed by atoms with E-state index in [2.05, 4.69) is 4.98 Å². The molecule has 2 fully saturated rings.